The molecule has 0 aliphatic heterocycles. The Morgan fingerprint density at radius 2 is 1.64 bits per heavy atom. The molecule has 0 unspecified atom stereocenters. The van der Waals surface area contributed by atoms with Crippen molar-refractivity contribution in [1.82, 2.24) is 16.1 Å². The van der Waals surface area contributed by atoms with Gasteiger partial charge in [-0.2, -0.15) is 5.48 Å². The molecule has 0 aromatic carbocycles. The molecule has 0 rings (SSSR count). The largest absolute Gasteiger partial charge is 0.442 e. The Balaban J connectivity index is 3.79. The van der Waals surface area contributed by atoms with Gasteiger partial charge in [-0.1, -0.05) is 13.8 Å². The van der Waals surface area contributed by atoms with Crippen LogP contribution in [0.5, 0.6) is 0 Å². The summed E-state index contributed by atoms with van der Waals surface area (Å²) in [4.78, 5) is 39.0. The summed E-state index contributed by atoms with van der Waals surface area (Å²) < 4.78 is 4.92. The van der Waals surface area contributed by atoms with Crippen molar-refractivity contribution in [2.45, 2.75) is 53.1 Å². The third-order valence-electron chi connectivity index (χ3n) is 2.66. The quantitative estimate of drug-likeness (QED) is 0.459. The highest BCUT2D eigenvalue weighted by Gasteiger charge is 2.16. The predicted octanol–water partition coefficient (Wildman–Crippen LogP) is 1.07. The molecule has 0 saturated heterocycles. The van der Waals surface area contributed by atoms with Gasteiger partial charge in [-0.3, -0.25) is 14.4 Å². The first-order valence-electron chi connectivity index (χ1n) is 7.34. The maximum atomic E-state index is 11.7. The topological polar surface area (TPSA) is 106 Å². The van der Waals surface area contributed by atoms with Gasteiger partial charge in [0.2, 0.25) is 11.8 Å². The summed E-state index contributed by atoms with van der Waals surface area (Å²) in [6, 6.07) is 0. The second-order valence-electron chi connectivity index (χ2n) is 5.72. The van der Waals surface area contributed by atoms with E-state index in [-0.39, 0.29) is 25.1 Å². The van der Waals surface area contributed by atoms with E-state index in [1.807, 2.05) is 19.3 Å². The molecule has 8 nitrogen and oxygen atoms in total. The molecule has 0 aromatic heterocycles. The molecule has 0 aliphatic carbocycles. The Kier molecular flexibility index (Phi) is 9.16. The van der Waals surface area contributed by atoms with E-state index >= 15 is 0 Å². The maximum absolute atomic E-state index is 11.7. The minimum atomic E-state index is -0.776. The van der Waals surface area contributed by atoms with E-state index in [1.54, 1.807) is 20.8 Å². The van der Waals surface area contributed by atoms with E-state index in [9.17, 15) is 14.4 Å². The average Bonchev–Trinajstić information content (AvgIpc) is 2.38. The average molecular weight is 317 g/mol. The van der Waals surface area contributed by atoms with Crippen LogP contribution in [-0.2, 0) is 19.2 Å². The Labute approximate surface area is 131 Å². The molecule has 128 valence electrons. The Morgan fingerprint density at radius 1 is 1.05 bits per heavy atom. The van der Waals surface area contributed by atoms with Gasteiger partial charge in [0.25, 0.3) is 0 Å². The summed E-state index contributed by atoms with van der Waals surface area (Å²) >= 11 is 0. The Morgan fingerprint density at radius 3 is 2.14 bits per heavy atom. The van der Waals surface area contributed by atoms with Gasteiger partial charge in [-0.05, 0) is 33.6 Å². The summed E-state index contributed by atoms with van der Waals surface area (Å²) in [6.07, 6.45) is 0.723. The third kappa shape index (κ3) is 9.98. The van der Waals surface area contributed by atoms with Crippen molar-refractivity contribution in [3.05, 3.63) is 0 Å². The molecule has 0 aromatic rings. The fourth-order valence-electron chi connectivity index (χ4n) is 1.54. The van der Waals surface area contributed by atoms with Gasteiger partial charge in [-0.25, -0.2) is 4.79 Å². The van der Waals surface area contributed by atoms with Crippen LogP contribution in [0.1, 0.15) is 47.5 Å². The molecular formula is C14H27N3O5. The standard InChI is InChI=1S/C14H27N3O5/c1-6-10(7-2)12(19)16-9-15-11(18)8-21-17-13(20)22-14(3,4)5/h10H,6-9H2,1-5H3,(H,15,18)(H,16,19)(H,17,20). The van der Waals surface area contributed by atoms with Crippen LogP contribution in [0.15, 0.2) is 0 Å². The Bertz CT molecular complexity index is 375. The number of amides is 3. The lowest BCUT2D eigenvalue weighted by molar-refractivity contribution is -0.129. The smallest absolute Gasteiger partial charge is 0.431 e. The number of carbonyl (C=O) groups is 3. The van der Waals surface area contributed by atoms with Crippen LogP contribution < -0.4 is 16.1 Å². The fraction of sp³-hybridized carbons (Fsp3) is 0.786. The molecule has 0 aliphatic rings. The SMILES string of the molecule is CCC(CC)C(=O)NCNC(=O)CONC(=O)OC(C)(C)C. The summed E-state index contributed by atoms with van der Waals surface area (Å²) in [6.45, 7) is 8.64. The molecule has 0 bridgehead atoms. The van der Waals surface area contributed by atoms with Crippen molar-refractivity contribution in [3.63, 3.8) is 0 Å². The van der Waals surface area contributed by atoms with E-state index in [0.29, 0.717) is 0 Å². The minimum absolute atomic E-state index is 0.0178. The van der Waals surface area contributed by atoms with Crippen molar-refractivity contribution < 1.29 is 24.0 Å². The molecule has 0 heterocycles. The number of hydroxylamine groups is 1. The second kappa shape index (κ2) is 9.99. The number of hydrogen-bond donors (Lipinski definition) is 3. The van der Waals surface area contributed by atoms with Crippen LogP contribution in [0.4, 0.5) is 4.79 Å². The van der Waals surface area contributed by atoms with E-state index in [4.69, 9.17) is 9.57 Å². The monoisotopic (exact) mass is 317 g/mol. The number of nitrogens with one attached hydrogen (secondary N) is 3. The zero-order chi connectivity index (χ0) is 17.2. The van der Waals surface area contributed by atoms with Gasteiger partial charge in [0, 0.05) is 5.92 Å². The molecule has 0 atom stereocenters. The molecule has 8 heteroatoms. The van der Waals surface area contributed by atoms with Crippen LogP contribution in [-0.4, -0.2) is 36.8 Å². The number of rotatable bonds is 8. The van der Waals surface area contributed by atoms with Crippen LogP contribution in [0.25, 0.3) is 0 Å². The summed E-state index contributed by atoms with van der Waals surface area (Å²) in [5, 5.41) is 5.06. The third-order valence-corrected chi connectivity index (χ3v) is 2.66. The molecule has 0 spiro atoms. The zero-order valence-corrected chi connectivity index (χ0v) is 13.9. The van der Waals surface area contributed by atoms with Gasteiger partial charge >= 0.3 is 6.09 Å². The summed E-state index contributed by atoms with van der Waals surface area (Å²) in [7, 11) is 0. The number of hydrogen-bond acceptors (Lipinski definition) is 5. The minimum Gasteiger partial charge on any atom is -0.442 e. The van der Waals surface area contributed by atoms with E-state index < -0.39 is 17.6 Å². The Hall–Kier alpha value is -1.83. The van der Waals surface area contributed by atoms with Gasteiger partial charge in [0.1, 0.15) is 5.60 Å². The van der Waals surface area contributed by atoms with E-state index in [1.165, 1.54) is 0 Å². The molecule has 3 amide bonds. The first-order chi connectivity index (χ1) is 10.2. The summed E-state index contributed by atoms with van der Waals surface area (Å²) in [5.41, 5.74) is 1.35. The molecule has 0 fully saturated rings. The van der Waals surface area contributed by atoms with Crippen molar-refractivity contribution in [2.75, 3.05) is 13.3 Å². The zero-order valence-electron chi connectivity index (χ0n) is 13.9. The van der Waals surface area contributed by atoms with Crippen LogP contribution >= 0.6 is 0 Å². The lowest BCUT2D eigenvalue weighted by Crippen LogP contribution is -2.42. The normalized spacial score (nSPS) is 11.0. The van der Waals surface area contributed by atoms with Crippen molar-refractivity contribution in [1.29, 1.82) is 0 Å². The maximum Gasteiger partial charge on any atom is 0.431 e. The lowest BCUT2D eigenvalue weighted by atomic mass is 10.0. The van der Waals surface area contributed by atoms with Crippen LogP contribution in [0.2, 0.25) is 0 Å². The number of carbonyl (C=O) groups excluding carboxylic acids is 3. The first kappa shape index (κ1) is 20.2. The van der Waals surface area contributed by atoms with Gasteiger partial charge in [-0.15, -0.1) is 0 Å². The number of ether oxygens (including phenoxy) is 1. The lowest BCUT2D eigenvalue weighted by Gasteiger charge is -2.19. The van der Waals surface area contributed by atoms with Crippen molar-refractivity contribution >= 4 is 17.9 Å². The van der Waals surface area contributed by atoms with Crippen LogP contribution in [0, 0.1) is 5.92 Å². The molecular weight excluding hydrogens is 290 g/mol. The molecule has 0 radical (unpaired) electrons. The fourth-order valence-corrected chi connectivity index (χ4v) is 1.54. The van der Waals surface area contributed by atoms with E-state index in [0.717, 1.165) is 12.8 Å². The summed E-state index contributed by atoms with van der Waals surface area (Å²) in [5.74, 6) is -0.624. The first-order valence-corrected chi connectivity index (χ1v) is 7.34. The van der Waals surface area contributed by atoms with Gasteiger partial charge in [0.05, 0.1) is 6.67 Å². The highest BCUT2D eigenvalue weighted by molar-refractivity contribution is 5.80. The van der Waals surface area contributed by atoms with Gasteiger partial charge in [0.15, 0.2) is 6.61 Å². The van der Waals surface area contributed by atoms with Crippen LogP contribution in [0.3, 0.4) is 0 Å². The molecule has 3 N–H and O–H groups in total. The molecule has 0 saturated carbocycles. The predicted molar refractivity (Wildman–Crippen MR) is 80.5 cm³/mol. The second-order valence-corrected chi connectivity index (χ2v) is 5.72. The van der Waals surface area contributed by atoms with Crippen molar-refractivity contribution in [3.8, 4) is 0 Å². The highest BCUT2D eigenvalue weighted by Crippen LogP contribution is 2.06. The molecule has 22 heavy (non-hydrogen) atoms. The van der Waals surface area contributed by atoms with Crippen molar-refractivity contribution in [2.24, 2.45) is 5.92 Å². The van der Waals surface area contributed by atoms with Gasteiger partial charge < -0.3 is 15.4 Å². The highest BCUT2D eigenvalue weighted by atomic mass is 16.7. The van der Waals surface area contributed by atoms with E-state index in [2.05, 4.69) is 10.6 Å².